The number of nitrogen functional groups attached to an aromatic ring is 1. The number of benzene rings is 1. The van der Waals surface area contributed by atoms with Crippen LogP contribution in [0.4, 0.5) is 17.1 Å². The van der Waals surface area contributed by atoms with E-state index in [2.05, 4.69) is 16.3 Å². The molecule has 0 radical (unpaired) electrons. The topological polar surface area (TPSA) is 58.4 Å². The third kappa shape index (κ3) is 2.85. The molecule has 1 aromatic carbocycles. The van der Waals surface area contributed by atoms with Crippen molar-refractivity contribution in [2.75, 3.05) is 29.0 Å². The first kappa shape index (κ1) is 13.0. The number of fused-ring (bicyclic) bond motifs is 1. The highest BCUT2D eigenvalue weighted by atomic mass is 16.1. The monoisotopic (exact) mass is 285 g/mol. The first-order chi connectivity index (χ1) is 10.2. The minimum absolute atomic E-state index is 0.0995. The van der Waals surface area contributed by atoms with Crippen molar-refractivity contribution >= 4 is 23.0 Å². The number of nitrogens with one attached hydrogen (secondary N) is 1. The quantitative estimate of drug-likeness (QED) is 0.818. The van der Waals surface area contributed by atoms with Crippen LogP contribution in [0.3, 0.4) is 0 Å². The maximum absolute atomic E-state index is 11.5. The fourth-order valence-corrected chi connectivity index (χ4v) is 3.20. The number of aryl methyl sites for hydroxylation is 1. The van der Waals surface area contributed by atoms with Gasteiger partial charge < -0.3 is 16.0 Å². The number of amides is 1. The minimum Gasteiger partial charge on any atom is -0.397 e. The van der Waals surface area contributed by atoms with Gasteiger partial charge in [-0.1, -0.05) is 0 Å². The summed E-state index contributed by atoms with van der Waals surface area (Å²) in [5, 5.41) is 2.94. The summed E-state index contributed by atoms with van der Waals surface area (Å²) in [4.78, 5) is 14.0. The lowest BCUT2D eigenvalue weighted by Crippen LogP contribution is -2.29. The second kappa shape index (κ2) is 4.93. The molecule has 4 nitrogen and oxygen atoms in total. The summed E-state index contributed by atoms with van der Waals surface area (Å²) in [6.07, 6.45) is 6.87. The number of anilines is 3. The molecule has 3 N–H and O–H groups in total. The SMILES string of the molecule is Nc1cc2c(cc1N(CC1CC1)CC1CC1)CCC(=O)N2. The Morgan fingerprint density at radius 1 is 1.10 bits per heavy atom. The van der Waals surface area contributed by atoms with E-state index in [1.165, 1.54) is 36.9 Å². The molecule has 0 bridgehead atoms. The first-order valence-electron chi connectivity index (χ1n) is 8.16. The van der Waals surface area contributed by atoms with Crippen LogP contribution in [0.2, 0.25) is 0 Å². The van der Waals surface area contributed by atoms with Crippen molar-refractivity contribution in [1.29, 1.82) is 0 Å². The molecule has 1 heterocycles. The van der Waals surface area contributed by atoms with Crippen molar-refractivity contribution in [2.45, 2.75) is 38.5 Å². The largest absolute Gasteiger partial charge is 0.397 e. The molecule has 4 rings (SSSR count). The van der Waals surface area contributed by atoms with Crippen molar-refractivity contribution in [3.8, 4) is 0 Å². The van der Waals surface area contributed by atoms with E-state index in [0.29, 0.717) is 6.42 Å². The Bertz CT molecular complexity index is 562. The highest BCUT2D eigenvalue weighted by Crippen LogP contribution is 2.39. The molecule has 0 aromatic heterocycles. The molecule has 2 aliphatic carbocycles. The standard InChI is InChI=1S/C17H23N3O/c18-14-8-15-13(5-6-17(21)19-15)7-16(14)20(9-11-1-2-11)10-12-3-4-12/h7-8,11-12H,1-6,9-10,18H2,(H,19,21). The van der Waals surface area contributed by atoms with Gasteiger partial charge >= 0.3 is 0 Å². The Kier molecular flexibility index (Phi) is 3.05. The fraction of sp³-hybridized carbons (Fsp3) is 0.588. The summed E-state index contributed by atoms with van der Waals surface area (Å²) in [7, 11) is 0. The number of rotatable bonds is 5. The van der Waals surface area contributed by atoms with Crippen LogP contribution >= 0.6 is 0 Å². The van der Waals surface area contributed by atoms with Gasteiger partial charge in [0.15, 0.2) is 0 Å². The molecule has 0 unspecified atom stereocenters. The van der Waals surface area contributed by atoms with Crippen LogP contribution in [-0.4, -0.2) is 19.0 Å². The van der Waals surface area contributed by atoms with Crippen LogP contribution in [0.25, 0.3) is 0 Å². The average molecular weight is 285 g/mol. The van der Waals surface area contributed by atoms with Gasteiger partial charge in [0.05, 0.1) is 11.4 Å². The number of hydrogen-bond donors (Lipinski definition) is 2. The number of carbonyl (C=O) groups is 1. The van der Waals surface area contributed by atoms with Gasteiger partial charge in [0.2, 0.25) is 5.91 Å². The molecule has 0 saturated heterocycles. The van der Waals surface area contributed by atoms with Crippen molar-refractivity contribution in [2.24, 2.45) is 11.8 Å². The molecule has 1 aliphatic heterocycles. The number of hydrogen-bond acceptors (Lipinski definition) is 3. The van der Waals surface area contributed by atoms with Crippen LogP contribution in [0, 0.1) is 11.8 Å². The Morgan fingerprint density at radius 2 is 1.76 bits per heavy atom. The van der Waals surface area contributed by atoms with Crippen molar-refractivity contribution in [3.05, 3.63) is 17.7 Å². The molecule has 2 fully saturated rings. The van der Waals surface area contributed by atoms with E-state index >= 15 is 0 Å². The predicted molar refractivity (Wildman–Crippen MR) is 85.5 cm³/mol. The lowest BCUT2D eigenvalue weighted by molar-refractivity contribution is -0.116. The highest BCUT2D eigenvalue weighted by Gasteiger charge is 2.30. The summed E-state index contributed by atoms with van der Waals surface area (Å²) in [5.41, 5.74) is 10.4. The lowest BCUT2D eigenvalue weighted by atomic mass is 10.0. The van der Waals surface area contributed by atoms with E-state index in [9.17, 15) is 4.79 Å². The van der Waals surface area contributed by atoms with Gasteiger partial charge in [-0.3, -0.25) is 4.79 Å². The molecule has 21 heavy (non-hydrogen) atoms. The molecule has 0 spiro atoms. The molecule has 1 aromatic rings. The zero-order chi connectivity index (χ0) is 14.4. The van der Waals surface area contributed by atoms with Crippen LogP contribution in [0.5, 0.6) is 0 Å². The smallest absolute Gasteiger partial charge is 0.224 e. The zero-order valence-corrected chi connectivity index (χ0v) is 12.4. The Balaban J connectivity index is 1.62. The van der Waals surface area contributed by atoms with Gasteiger partial charge in [0.25, 0.3) is 0 Å². The molecular formula is C17H23N3O. The molecule has 2 saturated carbocycles. The highest BCUT2D eigenvalue weighted by molar-refractivity contribution is 5.95. The summed E-state index contributed by atoms with van der Waals surface area (Å²) >= 11 is 0. The summed E-state index contributed by atoms with van der Waals surface area (Å²) in [5.74, 6) is 1.82. The second-order valence-corrected chi connectivity index (χ2v) is 6.91. The van der Waals surface area contributed by atoms with E-state index < -0.39 is 0 Å². The molecule has 0 atom stereocenters. The van der Waals surface area contributed by atoms with Gasteiger partial charge in [-0.25, -0.2) is 0 Å². The molecule has 112 valence electrons. The van der Waals surface area contributed by atoms with Gasteiger partial charge in [-0.15, -0.1) is 0 Å². The zero-order valence-electron chi connectivity index (χ0n) is 12.4. The van der Waals surface area contributed by atoms with E-state index in [-0.39, 0.29) is 5.91 Å². The molecular weight excluding hydrogens is 262 g/mol. The average Bonchev–Trinajstić information content (AvgIpc) is 3.32. The maximum Gasteiger partial charge on any atom is 0.224 e. The van der Waals surface area contributed by atoms with Crippen molar-refractivity contribution < 1.29 is 4.79 Å². The summed E-state index contributed by atoms with van der Waals surface area (Å²) in [6.45, 7) is 2.29. The maximum atomic E-state index is 11.5. The molecule has 3 aliphatic rings. The fourth-order valence-electron chi connectivity index (χ4n) is 3.20. The molecule has 1 amide bonds. The Hall–Kier alpha value is -1.71. The van der Waals surface area contributed by atoms with Crippen LogP contribution in [-0.2, 0) is 11.2 Å². The Morgan fingerprint density at radius 3 is 2.38 bits per heavy atom. The number of carbonyl (C=O) groups excluding carboxylic acids is 1. The lowest BCUT2D eigenvalue weighted by Gasteiger charge is -2.28. The van der Waals surface area contributed by atoms with Crippen LogP contribution in [0.15, 0.2) is 12.1 Å². The van der Waals surface area contributed by atoms with E-state index in [1.807, 2.05) is 6.07 Å². The van der Waals surface area contributed by atoms with Gasteiger partial charge in [0, 0.05) is 25.2 Å². The predicted octanol–water partition coefficient (Wildman–Crippen LogP) is 2.78. The number of nitrogens with zero attached hydrogens (tertiary/aromatic N) is 1. The van der Waals surface area contributed by atoms with E-state index in [4.69, 9.17) is 5.73 Å². The summed E-state index contributed by atoms with van der Waals surface area (Å²) < 4.78 is 0. The second-order valence-electron chi connectivity index (χ2n) is 6.91. The third-order valence-electron chi connectivity index (χ3n) is 4.84. The minimum atomic E-state index is 0.0995. The van der Waals surface area contributed by atoms with E-state index in [0.717, 1.165) is 42.7 Å². The summed E-state index contributed by atoms with van der Waals surface area (Å²) in [6, 6.07) is 4.17. The van der Waals surface area contributed by atoms with Crippen molar-refractivity contribution in [1.82, 2.24) is 0 Å². The van der Waals surface area contributed by atoms with E-state index in [1.54, 1.807) is 0 Å². The number of nitrogens with two attached hydrogens (primary N) is 1. The third-order valence-corrected chi connectivity index (χ3v) is 4.84. The van der Waals surface area contributed by atoms with Crippen LogP contribution in [0.1, 0.15) is 37.7 Å². The normalized spacial score (nSPS) is 20.9. The Labute approximate surface area is 125 Å². The van der Waals surface area contributed by atoms with Gasteiger partial charge in [0.1, 0.15) is 0 Å². The molecule has 4 heteroatoms. The van der Waals surface area contributed by atoms with Gasteiger partial charge in [-0.2, -0.15) is 0 Å². The van der Waals surface area contributed by atoms with Crippen LogP contribution < -0.4 is 16.0 Å². The van der Waals surface area contributed by atoms with Gasteiger partial charge in [-0.05, 0) is 61.6 Å². The van der Waals surface area contributed by atoms with Crippen molar-refractivity contribution in [3.63, 3.8) is 0 Å². The first-order valence-corrected chi connectivity index (χ1v) is 8.16.